The summed E-state index contributed by atoms with van der Waals surface area (Å²) in [6, 6.07) is 22.2. The Labute approximate surface area is 214 Å². The molecule has 37 heavy (non-hydrogen) atoms. The van der Waals surface area contributed by atoms with Crippen molar-refractivity contribution in [2.75, 3.05) is 26.2 Å². The zero-order valence-electron chi connectivity index (χ0n) is 20.6. The van der Waals surface area contributed by atoms with Gasteiger partial charge < -0.3 is 19.1 Å². The number of ether oxygens (including phenoxy) is 3. The molecule has 2 amide bonds. The molecule has 8 nitrogen and oxygen atoms in total. The molecule has 0 aliphatic carbocycles. The minimum Gasteiger partial charge on any atom is -0.496 e. The molecule has 1 heterocycles. The second-order valence-corrected chi connectivity index (χ2v) is 8.41. The van der Waals surface area contributed by atoms with Gasteiger partial charge in [0.1, 0.15) is 17.2 Å². The number of benzene rings is 4. The Morgan fingerprint density at radius 3 is 2.24 bits per heavy atom. The molecular weight excluding hydrogens is 470 g/mol. The van der Waals surface area contributed by atoms with E-state index in [1.165, 1.54) is 20.4 Å². The van der Waals surface area contributed by atoms with Crippen LogP contribution in [0.5, 0.6) is 17.2 Å². The van der Waals surface area contributed by atoms with Crippen molar-refractivity contribution in [2.45, 2.75) is 6.54 Å². The van der Waals surface area contributed by atoms with Crippen LogP contribution in [0.4, 0.5) is 5.69 Å². The van der Waals surface area contributed by atoms with E-state index in [4.69, 9.17) is 14.2 Å². The number of hydrogen-bond acceptors (Lipinski definition) is 6. The summed E-state index contributed by atoms with van der Waals surface area (Å²) in [5.74, 6) is 1.17. The number of hydrogen-bond donors (Lipinski definition) is 1. The minimum absolute atomic E-state index is 0.0210. The van der Waals surface area contributed by atoms with E-state index in [9.17, 15) is 9.59 Å². The van der Waals surface area contributed by atoms with Crippen LogP contribution in [-0.2, 0) is 6.54 Å². The highest BCUT2D eigenvalue weighted by Gasteiger charge is 2.29. The molecule has 1 N–H and O–H groups in total. The molecule has 0 aromatic heterocycles. The first-order valence-electron chi connectivity index (χ1n) is 11.6. The molecule has 4 aromatic rings. The third kappa shape index (κ3) is 4.45. The van der Waals surface area contributed by atoms with Crippen LogP contribution < -0.4 is 24.5 Å². The largest absolute Gasteiger partial charge is 0.496 e. The van der Waals surface area contributed by atoms with Gasteiger partial charge in [-0.1, -0.05) is 36.4 Å². The van der Waals surface area contributed by atoms with Crippen molar-refractivity contribution in [3.05, 3.63) is 95.1 Å². The summed E-state index contributed by atoms with van der Waals surface area (Å²) in [5, 5.41) is 6.10. The summed E-state index contributed by atoms with van der Waals surface area (Å²) < 4.78 is 16.0. The lowest BCUT2D eigenvalue weighted by atomic mass is 10.1. The highest BCUT2D eigenvalue weighted by Crippen LogP contribution is 2.38. The fourth-order valence-electron chi connectivity index (χ4n) is 4.46. The van der Waals surface area contributed by atoms with E-state index < -0.39 is 0 Å². The number of nitrogens with one attached hydrogen (secondary N) is 1. The first kappa shape index (κ1) is 23.9. The topological polar surface area (TPSA) is 89.5 Å². The second kappa shape index (κ2) is 10.0. The summed E-state index contributed by atoms with van der Waals surface area (Å²) in [5.41, 5.74) is 6.05. The van der Waals surface area contributed by atoms with E-state index >= 15 is 0 Å². The monoisotopic (exact) mass is 495 g/mol. The Hall–Kier alpha value is -4.85. The molecule has 4 aromatic carbocycles. The first-order valence-corrected chi connectivity index (χ1v) is 11.6. The SMILES string of the molecule is COc1cc(OC)c(C=NNC(=O)c2ccc(CN3C(=O)c4cccc5cccc3c45)cc2)c(OC)c1. The second-order valence-electron chi connectivity index (χ2n) is 8.41. The van der Waals surface area contributed by atoms with Gasteiger partial charge in [0, 0.05) is 28.6 Å². The van der Waals surface area contributed by atoms with Gasteiger partial charge in [-0.05, 0) is 35.2 Å². The maximum atomic E-state index is 13.0. The normalized spacial score (nSPS) is 12.3. The Bertz CT molecular complexity index is 1500. The smallest absolute Gasteiger partial charge is 0.271 e. The third-order valence-electron chi connectivity index (χ3n) is 6.32. The number of anilines is 1. The van der Waals surface area contributed by atoms with Crippen molar-refractivity contribution >= 4 is 34.5 Å². The molecule has 0 spiro atoms. The number of nitrogens with zero attached hydrogens (tertiary/aromatic N) is 2. The van der Waals surface area contributed by atoms with Crippen LogP contribution in [0.25, 0.3) is 10.8 Å². The number of methoxy groups -OCH3 is 3. The average molecular weight is 496 g/mol. The summed E-state index contributed by atoms with van der Waals surface area (Å²) >= 11 is 0. The van der Waals surface area contributed by atoms with Crippen LogP contribution in [0.3, 0.4) is 0 Å². The van der Waals surface area contributed by atoms with Gasteiger partial charge in [0.2, 0.25) is 0 Å². The lowest BCUT2D eigenvalue weighted by molar-refractivity contribution is 0.0953. The highest BCUT2D eigenvalue weighted by atomic mass is 16.5. The number of carbonyl (C=O) groups is 2. The predicted octanol–water partition coefficient (Wildman–Crippen LogP) is 4.79. The van der Waals surface area contributed by atoms with Gasteiger partial charge in [-0.15, -0.1) is 0 Å². The molecule has 0 saturated heterocycles. The van der Waals surface area contributed by atoms with Crippen LogP contribution in [0, 0.1) is 0 Å². The molecule has 0 radical (unpaired) electrons. The summed E-state index contributed by atoms with van der Waals surface area (Å²) in [7, 11) is 4.61. The standard InChI is InChI=1S/C29H25N3O5/c1-35-21-14-25(36-2)23(26(15-21)37-3)16-30-31-28(33)20-12-10-18(11-13-20)17-32-24-9-5-7-19-6-4-8-22(27(19)24)29(32)34/h4-16H,17H2,1-3H3,(H,31,33). The number of carbonyl (C=O) groups excluding carboxylic acids is 2. The van der Waals surface area contributed by atoms with E-state index in [-0.39, 0.29) is 11.8 Å². The number of hydrazone groups is 1. The van der Waals surface area contributed by atoms with E-state index in [0.29, 0.717) is 40.5 Å². The van der Waals surface area contributed by atoms with Crippen molar-refractivity contribution < 1.29 is 23.8 Å². The van der Waals surface area contributed by atoms with Crippen LogP contribution >= 0.6 is 0 Å². The molecular formula is C29H25N3O5. The molecule has 0 unspecified atom stereocenters. The summed E-state index contributed by atoms with van der Waals surface area (Å²) in [4.78, 5) is 27.5. The fourth-order valence-corrected chi connectivity index (χ4v) is 4.46. The summed E-state index contributed by atoms with van der Waals surface area (Å²) in [6.07, 6.45) is 1.46. The molecule has 186 valence electrons. The Kier molecular flexibility index (Phi) is 6.47. The van der Waals surface area contributed by atoms with E-state index in [1.807, 2.05) is 48.5 Å². The molecule has 5 rings (SSSR count). The van der Waals surface area contributed by atoms with Gasteiger partial charge in [-0.2, -0.15) is 5.10 Å². The molecule has 1 aliphatic rings. The molecule has 0 bridgehead atoms. The third-order valence-corrected chi connectivity index (χ3v) is 6.32. The van der Waals surface area contributed by atoms with Crippen LogP contribution in [0.15, 0.2) is 77.9 Å². The molecule has 0 atom stereocenters. The first-order chi connectivity index (χ1) is 18.0. The van der Waals surface area contributed by atoms with E-state index in [1.54, 1.807) is 36.3 Å². The van der Waals surface area contributed by atoms with Gasteiger partial charge in [0.15, 0.2) is 0 Å². The van der Waals surface area contributed by atoms with Crippen molar-refractivity contribution in [2.24, 2.45) is 5.10 Å². The van der Waals surface area contributed by atoms with Crippen LogP contribution in [0.2, 0.25) is 0 Å². The molecule has 0 fully saturated rings. The Morgan fingerprint density at radius 1 is 0.919 bits per heavy atom. The quantitative estimate of drug-likeness (QED) is 0.280. The molecule has 0 saturated carbocycles. The van der Waals surface area contributed by atoms with Crippen LogP contribution in [0.1, 0.15) is 31.8 Å². The van der Waals surface area contributed by atoms with Gasteiger partial charge in [-0.25, -0.2) is 5.43 Å². The van der Waals surface area contributed by atoms with Gasteiger partial charge >= 0.3 is 0 Å². The van der Waals surface area contributed by atoms with E-state index in [0.717, 1.165) is 22.0 Å². The van der Waals surface area contributed by atoms with E-state index in [2.05, 4.69) is 10.5 Å². The number of rotatable bonds is 8. The Morgan fingerprint density at radius 2 is 1.59 bits per heavy atom. The van der Waals surface area contributed by atoms with Crippen molar-refractivity contribution in [1.29, 1.82) is 0 Å². The average Bonchev–Trinajstić information content (AvgIpc) is 3.21. The minimum atomic E-state index is -0.372. The van der Waals surface area contributed by atoms with Gasteiger partial charge in [0.05, 0.1) is 45.3 Å². The lowest BCUT2D eigenvalue weighted by Gasteiger charge is -2.18. The van der Waals surface area contributed by atoms with Crippen molar-refractivity contribution in [1.82, 2.24) is 5.43 Å². The van der Waals surface area contributed by atoms with Gasteiger partial charge in [0.25, 0.3) is 11.8 Å². The zero-order valence-corrected chi connectivity index (χ0v) is 20.6. The molecule has 1 aliphatic heterocycles. The maximum Gasteiger partial charge on any atom is 0.271 e. The predicted molar refractivity (Wildman–Crippen MR) is 142 cm³/mol. The summed E-state index contributed by atoms with van der Waals surface area (Å²) in [6.45, 7) is 0.406. The van der Waals surface area contributed by atoms with Crippen molar-refractivity contribution in [3.8, 4) is 17.2 Å². The maximum absolute atomic E-state index is 13.0. The van der Waals surface area contributed by atoms with Crippen LogP contribution in [-0.4, -0.2) is 39.4 Å². The van der Waals surface area contributed by atoms with Gasteiger partial charge in [-0.3, -0.25) is 9.59 Å². The Balaban J connectivity index is 1.28. The number of amides is 2. The fraction of sp³-hybridized carbons (Fsp3) is 0.138. The van der Waals surface area contributed by atoms with Crippen molar-refractivity contribution in [3.63, 3.8) is 0 Å². The highest BCUT2D eigenvalue weighted by molar-refractivity contribution is 6.24. The lowest BCUT2D eigenvalue weighted by Crippen LogP contribution is -2.26. The molecule has 8 heteroatoms. The zero-order chi connectivity index (χ0) is 25.9.